The fourth-order valence-corrected chi connectivity index (χ4v) is 1.74. The second-order valence-electron chi connectivity index (χ2n) is 4.02. The molecule has 1 atom stereocenters. The van der Waals surface area contributed by atoms with Gasteiger partial charge in [-0.3, -0.25) is 4.79 Å². The molecule has 0 radical (unpaired) electrons. The normalized spacial score (nSPS) is 11.8. The lowest BCUT2D eigenvalue weighted by atomic mass is 10.00. The lowest BCUT2D eigenvalue weighted by Gasteiger charge is -2.06. The van der Waals surface area contributed by atoms with E-state index in [-0.39, 0.29) is 16.9 Å². The maximum absolute atomic E-state index is 13.4. The third-order valence-corrected chi connectivity index (χ3v) is 2.69. The first kappa shape index (κ1) is 13.0. The van der Waals surface area contributed by atoms with Crippen LogP contribution in [0.25, 0.3) is 0 Å². The van der Waals surface area contributed by atoms with Crippen molar-refractivity contribution < 1.29 is 19.1 Å². The molecule has 0 bridgehead atoms. The van der Waals surface area contributed by atoms with Crippen molar-refractivity contribution in [2.24, 2.45) is 0 Å². The average Bonchev–Trinajstić information content (AvgIpc) is 2.46. The number of hydrogen-bond acceptors (Lipinski definition) is 2. The van der Waals surface area contributed by atoms with Crippen LogP contribution in [0.5, 0.6) is 0 Å². The molecule has 1 N–H and O–H groups in total. The number of carboxylic acids is 1. The predicted molar refractivity (Wildman–Crippen MR) is 67.8 cm³/mol. The maximum atomic E-state index is 13.4. The summed E-state index contributed by atoms with van der Waals surface area (Å²) in [7, 11) is 0. The Kier molecular flexibility index (Phi) is 3.71. The van der Waals surface area contributed by atoms with Gasteiger partial charge in [0.25, 0.3) is 0 Å². The SMILES string of the molecule is O=C(c1ccccc1)c1cccc(C(F)C(=O)O)c1. The summed E-state index contributed by atoms with van der Waals surface area (Å²) >= 11 is 0. The molecule has 0 amide bonds. The molecule has 2 rings (SSSR count). The van der Waals surface area contributed by atoms with E-state index in [4.69, 9.17) is 5.11 Å². The highest BCUT2D eigenvalue weighted by Gasteiger charge is 2.19. The summed E-state index contributed by atoms with van der Waals surface area (Å²) in [6.45, 7) is 0. The van der Waals surface area contributed by atoms with Crippen molar-refractivity contribution in [1.29, 1.82) is 0 Å². The number of benzene rings is 2. The number of carbonyl (C=O) groups excluding carboxylic acids is 1. The Bertz CT molecular complexity index is 608. The van der Waals surface area contributed by atoms with Crippen LogP contribution in [0.1, 0.15) is 27.7 Å². The first-order valence-electron chi connectivity index (χ1n) is 5.66. The van der Waals surface area contributed by atoms with Crippen LogP contribution in [0.2, 0.25) is 0 Å². The third kappa shape index (κ3) is 2.85. The largest absolute Gasteiger partial charge is 0.479 e. The van der Waals surface area contributed by atoms with Crippen LogP contribution in [0, 0.1) is 0 Å². The standard InChI is InChI=1S/C15H11FO3/c16-13(15(18)19)11-7-4-8-12(9-11)14(17)10-5-2-1-3-6-10/h1-9,13H,(H,18,19). The number of aliphatic carboxylic acids is 1. The van der Waals surface area contributed by atoms with Crippen molar-refractivity contribution in [3.8, 4) is 0 Å². The molecule has 0 aliphatic rings. The molecule has 0 saturated carbocycles. The van der Waals surface area contributed by atoms with Crippen LogP contribution >= 0.6 is 0 Å². The zero-order chi connectivity index (χ0) is 13.8. The molecular formula is C15H11FO3. The Labute approximate surface area is 109 Å². The summed E-state index contributed by atoms with van der Waals surface area (Å²) in [6.07, 6.45) is -2.12. The van der Waals surface area contributed by atoms with Crippen molar-refractivity contribution in [2.45, 2.75) is 6.17 Å². The number of halogens is 1. The number of ketones is 1. The van der Waals surface area contributed by atoms with Crippen LogP contribution in [-0.4, -0.2) is 16.9 Å². The molecule has 4 heteroatoms. The molecular weight excluding hydrogens is 247 g/mol. The highest BCUT2D eigenvalue weighted by molar-refractivity contribution is 6.09. The molecule has 0 heterocycles. The second kappa shape index (κ2) is 5.44. The fourth-order valence-electron chi connectivity index (χ4n) is 1.74. The smallest absolute Gasteiger partial charge is 0.343 e. The van der Waals surface area contributed by atoms with Gasteiger partial charge in [0.05, 0.1) is 0 Å². The molecule has 0 aromatic heterocycles. The Balaban J connectivity index is 2.34. The van der Waals surface area contributed by atoms with Crippen molar-refractivity contribution >= 4 is 11.8 Å². The maximum Gasteiger partial charge on any atom is 0.343 e. The minimum atomic E-state index is -2.12. The zero-order valence-corrected chi connectivity index (χ0v) is 9.92. The molecule has 0 saturated heterocycles. The van der Waals surface area contributed by atoms with Gasteiger partial charge in [-0.25, -0.2) is 9.18 Å². The lowest BCUT2D eigenvalue weighted by Crippen LogP contribution is -2.08. The van der Waals surface area contributed by atoms with Gasteiger partial charge in [-0.05, 0) is 11.6 Å². The summed E-state index contributed by atoms with van der Waals surface area (Å²) in [5, 5.41) is 8.62. The first-order chi connectivity index (χ1) is 9.09. The highest BCUT2D eigenvalue weighted by atomic mass is 19.1. The molecule has 3 nitrogen and oxygen atoms in total. The van der Waals surface area contributed by atoms with Gasteiger partial charge in [-0.15, -0.1) is 0 Å². The van der Waals surface area contributed by atoms with Gasteiger partial charge in [0.15, 0.2) is 5.78 Å². The number of carbonyl (C=O) groups is 2. The zero-order valence-electron chi connectivity index (χ0n) is 9.92. The van der Waals surface area contributed by atoms with E-state index in [1.165, 1.54) is 24.3 Å². The molecule has 1 unspecified atom stereocenters. The summed E-state index contributed by atoms with van der Waals surface area (Å²) in [5.74, 6) is -1.83. The molecule has 2 aromatic carbocycles. The quantitative estimate of drug-likeness (QED) is 0.857. The minimum Gasteiger partial charge on any atom is -0.479 e. The topological polar surface area (TPSA) is 54.4 Å². The Morgan fingerprint density at radius 1 is 0.947 bits per heavy atom. The van der Waals surface area contributed by atoms with Crippen LogP contribution in [0.15, 0.2) is 54.6 Å². The van der Waals surface area contributed by atoms with Crippen LogP contribution in [0.4, 0.5) is 4.39 Å². The molecule has 0 aliphatic carbocycles. The minimum absolute atomic E-state index is 0.0331. The number of rotatable bonds is 4. The van der Waals surface area contributed by atoms with E-state index in [1.807, 2.05) is 0 Å². The van der Waals surface area contributed by atoms with E-state index >= 15 is 0 Å². The average molecular weight is 258 g/mol. The number of alkyl halides is 1. The summed E-state index contributed by atoms with van der Waals surface area (Å²) in [5.41, 5.74) is 0.715. The van der Waals surface area contributed by atoms with E-state index < -0.39 is 12.1 Å². The summed E-state index contributed by atoms with van der Waals surface area (Å²) < 4.78 is 13.4. The number of carboxylic acid groups (broad SMARTS) is 1. The van der Waals surface area contributed by atoms with Crippen molar-refractivity contribution in [2.75, 3.05) is 0 Å². The highest BCUT2D eigenvalue weighted by Crippen LogP contribution is 2.20. The summed E-state index contributed by atoms with van der Waals surface area (Å²) in [4.78, 5) is 22.7. The predicted octanol–water partition coefficient (Wildman–Crippen LogP) is 3.01. The molecule has 96 valence electrons. The summed E-state index contributed by atoms with van der Waals surface area (Å²) in [6, 6.07) is 14.2. The van der Waals surface area contributed by atoms with E-state index in [0.717, 1.165) is 0 Å². The number of hydrogen-bond donors (Lipinski definition) is 1. The Hall–Kier alpha value is -2.49. The van der Waals surface area contributed by atoms with Crippen molar-refractivity contribution in [3.05, 3.63) is 71.3 Å². The lowest BCUT2D eigenvalue weighted by molar-refractivity contribution is -0.143. The van der Waals surface area contributed by atoms with E-state index in [0.29, 0.717) is 5.56 Å². The van der Waals surface area contributed by atoms with Crippen LogP contribution in [0.3, 0.4) is 0 Å². The van der Waals surface area contributed by atoms with Crippen LogP contribution < -0.4 is 0 Å². The molecule has 0 aliphatic heterocycles. The van der Waals surface area contributed by atoms with Crippen LogP contribution in [-0.2, 0) is 4.79 Å². The van der Waals surface area contributed by atoms with Gasteiger partial charge >= 0.3 is 5.97 Å². The molecule has 2 aromatic rings. The van der Waals surface area contributed by atoms with E-state index in [9.17, 15) is 14.0 Å². The van der Waals surface area contributed by atoms with Gasteiger partial charge in [-0.1, -0.05) is 48.5 Å². The van der Waals surface area contributed by atoms with Gasteiger partial charge in [0.1, 0.15) is 0 Å². The molecule has 19 heavy (non-hydrogen) atoms. The van der Waals surface area contributed by atoms with Crippen molar-refractivity contribution in [3.63, 3.8) is 0 Å². The Morgan fingerprint density at radius 2 is 1.58 bits per heavy atom. The monoisotopic (exact) mass is 258 g/mol. The van der Waals surface area contributed by atoms with Gasteiger partial charge in [-0.2, -0.15) is 0 Å². The third-order valence-electron chi connectivity index (χ3n) is 2.69. The fraction of sp³-hybridized carbons (Fsp3) is 0.0667. The van der Waals surface area contributed by atoms with Gasteiger partial charge in [0.2, 0.25) is 6.17 Å². The van der Waals surface area contributed by atoms with E-state index in [1.54, 1.807) is 30.3 Å². The second-order valence-corrected chi connectivity index (χ2v) is 4.02. The van der Waals surface area contributed by atoms with Gasteiger partial charge in [0, 0.05) is 11.1 Å². The van der Waals surface area contributed by atoms with Gasteiger partial charge < -0.3 is 5.11 Å². The molecule has 0 fully saturated rings. The molecule has 0 spiro atoms. The Morgan fingerprint density at radius 3 is 2.21 bits per heavy atom. The first-order valence-corrected chi connectivity index (χ1v) is 5.66. The van der Waals surface area contributed by atoms with Crippen molar-refractivity contribution in [1.82, 2.24) is 0 Å². The van der Waals surface area contributed by atoms with E-state index in [2.05, 4.69) is 0 Å².